The Kier molecular flexibility index (Phi) is 4.46. The molecule has 1 aliphatic heterocycles. The van der Waals surface area contributed by atoms with Crippen molar-refractivity contribution in [1.82, 2.24) is 15.0 Å². The topological polar surface area (TPSA) is 103 Å². The van der Waals surface area contributed by atoms with Gasteiger partial charge in [0, 0.05) is 37.9 Å². The number of rotatable bonds is 5. The molecule has 2 aromatic carbocycles. The summed E-state index contributed by atoms with van der Waals surface area (Å²) in [5, 5.41) is 6.94. The SMILES string of the molecule is CNc1c(Nc2cccc(C3CCCN(c4ncnc5[nH]ccc45)C3)c2)c(=O)c1=O. The molecule has 0 saturated carbocycles. The minimum Gasteiger partial charge on any atom is -0.383 e. The van der Waals surface area contributed by atoms with E-state index in [1.54, 1.807) is 13.4 Å². The first kappa shape index (κ1) is 18.4. The summed E-state index contributed by atoms with van der Waals surface area (Å²) in [7, 11) is 1.64. The van der Waals surface area contributed by atoms with E-state index >= 15 is 0 Å². The van der Waals surface area contributed by atoms with E-state index in [1.165, 1.54) is 5.56 Å². The molecule has 0 spiro atoms. The molecule has 30 heavy (non-hydrogen) atoms. The van der Waals surface area contributed by atoms with Crippen LogP contribution in [0.4, 0.5) is 22.9 Å². The monoisotopic (exact) mass is 402 g/mol. The number of fused-ring (bicyclic) bond motifs is 1. The number of benzene rings is 1. The van der Waals surface area contributed by atoms with Crippen LogP contribution in [0.5, 0.6) is 0 Å². The maximum absolute atomic E-state index is 11.9. The van der Waals surface area contributed by atoms with E-state index in [0.717, 1.165) is 48.5 Å². The molecule has 1 saturated heterocycles. The standard InChI is InChI=1S/C22H22N6O2/c1-23-17-18(20(30)19(17)29)27-15-6-2-4-13(10-15)14-5-3-9-28(11-14)22-16-7-8-24-21(16)25-12-26-22/h2,4,6-8,10,12,14,23,27H,3,5,9,11H2,1H3,(H,24,25,26). The molecule has 1 fully saturated rings. The van der Waals surface area contributed by atoms with Gasteiger partial charge in [-0.05, 0) is 36.6 Å². The van der Waals surface area contributed by atoms with Crippen LogP contribution in [0.25, 0.3) is 11.0 Å². The molecular weight excluding hydrogens is 380 g/mol. The highest BCUT2D eigenvalue weighted by Crippen LogP contribution is 2.33. The van der Waals surface area contributed by atoms with Crippen molar-refractivity contribution in [1.29, 1.82) is 0 Å². The minimum absolute atomic E-state index is 0.334. The first-order valence-electron chi connectivity index (χ1n) is 10.1. The van der Waals surface area contributed by atoms with Gasteiger partial charge >= 0.3 is 0 Å². The second kappa shape index (κ2) is 7.29. The van der Waals surface area contributed by atoms with E-state index in [4.69, 9.17) is 0 Å². The first-order chi connectivity index (χ1) is 14.7. The van der Waals surface area contributed by atoms with Gasteiger partial charge in [0.05, 0.1) is 5.39 Å². The Hall–Kier alpha value is -3.68. The molecule has 3 heterocycles. The highest BCUT2D eigenvalue weighted by atomic mass is 16.2. The smallest absolute Gasteiger partial charge is 0.253 e. The number of hydrogen-bond donors (Lipinski definition) is 3. The van der Waals surface area contributed by atoms with Crippen LogP contribution in [-0.2, 0) is 0 Å². The van der Waals surface area contributed by atoms with Crippen molar-refractivity contribution in [3.63, 3.8) is 0 Å². The van der Waals surface area contributed by atoms with E-state index in [9.17, 15) is 9.59 Å². The van der Waals surface area contributed by atoms with Gasteiger partial charge in [-0.3, -0.25) is 9.59 Å². The van der Waals surface area contributed by atoms with Gasteiger partial charge in [-0.15, -0.1) is 0 Å². The number of anilines is 4. The van der Waals surface area contributed by atoms with Crippen molar-refractivity contribution in [3.05, 3.63) is 68.9 Å². The lowest BCUT2D eigenvalue weighted by Gasteiger charge is -2.34. The maximum Gasteiger partial charge on any atom is 0.253 e. The molecule has 0 amide bonds. The third-order valence-electron chi connectivity index (χ3n) is 5.84. The van der Waals surface area contributed by atoms with E-state index in [2.05, 4.69) is 42.6 Å². The lowest BCUT2D eigenvalue weighted by molar-refractivity contribution is 0.508. The zero-order chi connectivity index (χ0) is 20.7. The predicted molar refractivity (Wildman–Crippen MR) is 119 cm³/mol. The van der Waals surface area contributed by atoms with Gasteiger partial charge in [0.25, 0.3) is 10.9 Å². The largest absolute Gasteiger partial charge is 0.383 e. The molecule has 1 aliphatic rings. The van der Waals surface area contributed by atoms with E-state index in [1.807, 2.05) is 24.4 Å². The third kappa shape index (κ3) is 3.01. The summed E-state index contributed by atoms with van der Waals surface area (Å²) in [5.74, 6) is 1.31. The molecule has 0 radical (unpaired) electrons. The maximum atomic E-state index is 11.9. The first-order valence-corrected chi connectivity index (χ1v) is 10.1. The van der Waals surface area contributed by atoms with Gasteiger partial charge in [-0.2, -0.15) is 0 Å². The van der Waals surface area contributed by atoms with Crippen molar-refractivity contribution in [2.75, 3.05) is 35.7 Å². The number of nitrogens with one attached hydrogen (secondary N) is 3. The van der Waals surface area contributed by atoms with Gasteiger partial charge in [0.15, 0.2) is 0 Å². The summed E-state index contributed by atoms with van der Waals surface area (Å²) in [6, 6.07) is 10.1. The summed E-state index contributed by atoms with van der Waals surface area (Å²) < 4.78 is 0. The van der Waals surface area contributed by atoms with Crippen molar-refractivity contribution < 1.29 is 0 Å². The second-order valence-electron chi connectivity index (χ2n) is 7.63. The van der Waals surface area contributed by atoms with E-state index < -0.39 is 10.9 Å². The van der Waals surface area contributed by atoms with Crippen molar-refractivity contribution >= 4 is 33.9 Å². The van der Waals surface area contributed by atoms with Gasteiger partial charge in [-0.1, -0.05) is 12.1 Å². The van der Waals surface area contributed by atoms with Crippen LogP contribution in [0.1, 0.15) is 24.3 Å². The summed E-state index contributed by atoms with van der Waals surface area (Å²) >= 11 is 0. The van der Waals surface area contributed by atoms with Crippen LogP contribution in [-0.4, -0.2) is 35.1 Å². The Morgan fingerprint density at radius 1 is 1.13 bits per heavy atom. The molecule has 1 unspecified atom stereocenters. The molecule has 0 bridgehead atoms. The molecular formula is C22H22N6O2. The third-order valence-corrected chi connectivity index (χ3v) is 5.84. The highest BCUT2D eigenvalue weighted by molar-refractivity contribution is 5.87. The second-order valence-corrected chi connectivity index (χ2v) is 7.63. The van der Waals surface area contributed by atoms with Crippen LogP contribution < -0.4 is 26.4 Å². The fourth-order valence-electron chi connectivity index (χ4n) is 4.32. The molecule has 2 aromatic heterocycles. The van der Waals surface area contributed by atoms with Gasteiger partial charge in [0.1, 0.15) is 29.2 Å². The minimum atomic E-state index is -0.479. The lowest BCUT2D eigenvalue weighted by Crippen LogP contribution is -2.36. The zero-order valence-electron chi connectivity index (χ0n) is 16.6. The Morgan fingerprint density at radius 2 is 2.00 bits per heavy atom. The quantitative estimate of drug-likeness (QED) is 0.441. The Bertz CT molecular complexity index is 1290. The van der Waals surface area contributed by atoms with Gasteiger partial charge in [0.2, 0.25) is 0 Å². The molecule has 0 aliphatic carbocycles. The van der Waals surface area contributed by atoms with Gasteiger partial charge in [-0.25, -0.2) is 9.97 Å². The predicted octanol–water partition coefficient (Wildman–Crippen LogP) is 2.72. The molecule has 3 N–H and O–H groups in total. The molecule has 8 nitrogen and oxygen atoms in total. The highest BCUT2D eigenvalue weighted by Gasteiger charge is 2.25. The van der Waals surface area contributed by atoms with Crippen LogP contribution in [0.15, 0.2) is 52.4 Å². The zero-order valence-corrected chi connectivity index (χ0v) is 16.6. The number of hydrogen-bond acceptors (Lipinski definition) is 7. The Labute approximate surface area is 172 Å². The summed E-state index contributed by atoms with van der Waals surface area (Å²) in [6.07, 6.45) is 5.65. The van der Waals surface area contributed by atoms with Crippen molar-refractivity contribution in [2.45, 2.75) is 18.8 Å². The molecule has 5 rings (SSSR count). The van der Waals surface area contributed by atoms with Crippen LogP contribution in [0.3, 0.4) is 0 Å². The summed E-state index contributed by atoms with van der Waals surface area (Å²) in [4.78, 5) is 37.8. The number of H-pyrrole nitrogens is 1. The number of aromatic nitrogens is 3. The molecule has 8 heteroatoms. The molecule has 152 valence electrons. The Morgan fingerprint density at radius 3 is 2.87 bits per heavy atom. The lowest BCUT2D eigenvalue weighted by atomic mass is 9.90. The van der Waals surface area contributed by atoms with Crippen molar-refractivity contribution in [2.24, 2.45) is 0 Å². The number of nitrogens with zero attached hydrogens (tertiary/aromatic N) is 3. The Balaban J connectivity index is 1.39. The molecule has 1 atom stereocenters. The normalized spacial score (nSPS) is 16.8. The molecule has 4 aromatic rings. The fraction of sp³-hybridized carbons (Fsp3) is 0.273. The number of aromatic amines is 1. The summed E-state index contributed by atoms with van der Waals surface area (Å²) in [5.41, 5.74) is 2.58. The average Bonchev–Trinajstić information content (AvgIpc) is 3.28. The van der Waals surface area contributed by atoms with Crippen molar-refractivity contribution in [3.8, 4) is 0 Å². The fourth-order valence-corrected chi connectivity index (χ4v) is 4.32. The number of piperidine rings is 1. The van der Waals surface area contributed by atoms with E-state index in [0.29, 0.717) is 17.3 Å². The van der Waals surface area contributed by atoms with Gasteiger partial charge < -0.3 is 20.5 Å². The van der Waals surface area contributed by atoms with Crippen LogP contribution in [0.2, 0.25) is 0 Å². The van der Waals surface area contributed by atoms with Crippen LogP contribution >= 0.6 is 0 Å². The van der Waals surface area contributed by atoms with E-state index in [-0.39, 0.29) is 0 Å². The van der Waals surface area contributed by atoms with Crippen LogP contribution in [0, 0.1) is 0 Å². The summed E-state index contributed by atoms with van der Waals surface area (Å²) in [6.45, 7) is 1.82. The average molecular weight is 402 g/mol.